The molecule has 142 valence electrons. The van der Waals surface area contributed by atoms with Crippen molar-refractivity contribution < 1.29 is 14.5 Å². The standard InChI is InChI=1S/C14H15Cl3N4O4S/c15-14(16,17)12(19-13(26)20-4-6-25-7-5-20)18-11(22)9-2-1-3-10(8-9)21(23)24/h1-3,8,12H,4-7H2,(H,18,22)(H,19,26). The first-order chi connectivity index (χ1) is 12.2. The number of thiocarbonyl (C=S) groups is 1. The maximum absolute atomic E-state index is 12.4. The van der Waals surface area contributed by atoms with Crippen LogP contribution in [-0.4, -0.2) is 57.1 Å². The number of morpholine rings is 1. The largest absolute Gasteiger partial charge is 0.378 e. The van der Waals surface area contributed by atoms with Gasteiger partial charge in [-0.2, -0.15) is 0 Å². The third-order valence-corrected chi connectivity index (χ3v) is 4.52. The molecule has 1 saturated heterocycles. The first-order valence-corrected chi connectivity index (χ1v) is 8.98. The molecule has 2 rings (SSSR count). The number of nitro groups is 1. The molecule has 26 heavy (non-hydrogen) atoms. The monoisotopic (exact) mass is 440 g/mol. The van der Waals surface area contributed by atoms with Gasteiger partial charge in [-0.1, -0.05) is 40.9 Å². The second-order valence-electron chi connectivity index (χ2n) is 5.30. The number of rotatable bonds is 4. The number of carbonyl (C=O) groups excluding carboxylic acids is 1. The van der Waals surface area contributed by atoms with E-state index < -0.39 is 20.8 Å². The van der Waals surface area contributed by atoms with Gasteiger partial charge >= 0.3 is 0 Å². The minimum atomic E-state index is -1.91. The normalized spacial score (nSPS) is 15.9. The summed E-state index contributed by atoms with van der Waals surface area (Å²) in [5.41, 5.74) is -0.169. The summed E-state index contributed by atoms with van der Waals surface area (Å²) in [6.45, 7) is 2.16. The van der Waals surface area contributed by atoms with E-state index >= 15 is 0 Å². The second kappa shape index (κ2) is 9.01. The molecule has 1 aliphatic rings. The summed E-state index contributed by atoms with van der Waals surface area (Å²) in [4.78, 5) is 24.5. The average Bonchev–Trinajstić information content (AvgIpc) is 2.61. The van der Waals surface area contributed by atoms with E-state index in [1.165, 1.54) is 18.2 Å². The lowest BCUT2D eigenvalue weighted by atomic mass is 10.2. The molecule has 0 spiro atoms. The third-order valence-electron chi connectivity index (χ3n) is 3.49. The van der Waals surface area contributed by atoms with Gasteiger partial charge in [0.15, 0.2) is 5.11 Å². The van der Waals surface area contributed by atoms with Crippen LogP contribution in [0, 0.1) is 10.1 Å². The van der Waals surface area contributed by atoms with Gasteiger partial charge in [0.1, 0.15) is 6.17 Å². The molecule has 1 atom stereocenters. The Morgan fingerprint density at radius 1 is 1.31 bits per heavy atom. The average molecular weight is 442 g/mol. The summed E-state index contributed by atoms with van der Waals surface area (Å²) >= 11 is 23.1. The summed E-state index contributed by atoms with van der Waals surface area (Å²) in [5, 5.41) is 16.4. The molecule has 1 aliphatic heterocycles. The number of alkyl halides is 3. The fraction of sp³-hybridized carbons (Fsp3) is 0.429. The van der Waals surface area contributed by atoms with Crippen molar-refractivity contribution in [2.75, 3.05) is 26.3 Å². The number of benzene rings is 1. The number of hydrogen-bond donors (Lipinski definition) is 2. The first kappa shape index (κ1) is 20.9. The molecule has 1 aromatic rings. The van der Waals surface area contributed by atoms with Gasteiger partial charge < -0.3 is 20.3 Å². The van der Waals surface area contributed by atoms with Gasteiger partial charge in [0.25, 0.3) is 11.6 Å². The number of carbonyl (C=O) groups is 1. The minimum absolute atomic E-state index is 0.0533. The first-order valence-electron chi connectivity index (χ1n) is 7.43. The van der Waals surface area contributed by atoms with Crippen LogP contribution in [0.2, 0.25) is 0 Å². The number of nitrogens with zero attached hydrogens (tertiary/aromatic N) is 2. The number of amides is 1. The number of nitrogens with one attached hydrogen (secondary N) is 2. The molecule has 0 saturated carbocycles. The molecule has 1 heterocycles. The van der Waals surface area contributed by atoms with Crippen LogP contribution in [-0.2, 0) is 4.74 Å². The van der Waals surface area contributed by atoms with Crippen molar-refractivity contribution in [3.63, 3.8) is 0 Å². The van der Waals surface area contributed by atoms with Gasteiger partial charge in [-0.3, -0.25) is 14.9 Å². The fourth-order valence-corrected chi connectivity index (χ4v) is 2.78. The van der Waals surface area contributed by atoms with Crippen LogP contribution >= 0.6 is 47.0 Å². The quantitative estimate of drug-likeness (QED) is 0.243. The van der Waals surface area contributed by atoms with Gasteiger partial charge in [-0.25, -0.2) is 0 Å². The van der Waals surface area contributed by atoms with Crippen molar-refractivity contribution in [2.24, 2.45) is 0 Å². The van der Waals surface area contributed by atoms with Gasteiger partial charge in [0, 0.05) is 30.8 Å². The number of nitro benzene ring substituents is 1. The van der Waals surface area contributed by atoms with Gasteiger partial charge in [-0.15, -0.1) is 0 Å². The van der Waals surface area contributed by atoms with E-state index in [1.54, 1.807) is 0 Å². The maximum Gasteiger partial charge on any atom is 0.270 e. The van der Waals surface area contributed by atoms with Crippen LogP contribution in [0.1, 0.15) is 10.4 Å². The maximum atomic E-state index is 12.4. The van der Waals surface area contributed by atoms with E-state index in [2.05, 4.69) is 10.6 Å². The Morgan fingerprint density at radius 3 is 2.54 bits per heavy atom. The number of hydrogen-bond acceptors (Lipinski definition) is 5. The Kier molecular flexibility index (Phi) is 7.24. The highest BCUT2D eigenvalue weighted by Gasteiger charge is 2.35. The van der Waals surface area contributed by atoms with E-state index in [9.17, 15) is 14.9 Å². The van der Waals surface area contributed by atoms with E-state index in [0.29, 0.717) is 31.4 Å². The highest BCUT2D eigenvalue weighted by Crippen LogP contribution is 2.29. The molecular formula is C14H15Cl3N4O4S. The molecular weight excluding hydrogens is 427 g/mol. The topological polar surface area (TPSA) is 96.7 Å². The molecule has 12 heteroatoms. The Morgan fingerprint density at radius 2 is 1.96 bits per heavy atom. The van der Waals surface area contributed by atoms with Crippen LogP contribution in [0.25, 0.3) is 0 Å². The number of halogens is 3. The predicted octanol–water partition coefficient (Wildman–Crippen LogP) is 2.23. The van der Waals surface area contributed by atoms with Crippen molar-refractivity contribution in [3.05, 3.63) is 39.9 Å². The summed E-state index contributed by atoms with van der Waals surface area (Å²) in [6.07, 6.45) is -1.14. The second-order valence-corrected chi connectivity index (χ2v) is 8.06. The van der Waals surface area contributed by atoms with Crippen molar-refractivity contribution in [1.82, 2.24) is 15.5 Å². The van der Waals surface area contributed by atoms with E-state index in [0.717, 1.165) is 6.07 Å². The van der Waals surface area contributed by atoms with Crippen LogP contribution in [0.4, 0.5) is 5.69 Å². The zero-order valence-corrected chi connectivity index (χ0v) is 16.4. The third kappa shape index (κ3) is 5.82. The van der Waals surface area contributed by atoms with Crippen LogP contribution < -0.4 is 10.6 Å². The lowest BCUT2D eigenvalue weighted by molar-refractivity contribution is -0.384. The smallest absolute Gasteiger partial charge is 0.270 e. The number of non-ortho nitro benzene ring substituents is 1. The number of ether oxygens (including phenoxy) is 1. The van der Waals surface area contributed by atoms with Crippen molar-refractivity contribution >= 4 is 63.7 Å². The lowest BCUT2D eigenvalue weighted by Gasteiger charge is -2.34. The predicted molar refractivity (Wildman–Crippen MR) is 103 cm³/mol. The molecule has 0 bridgehead atoms. The Labute approximate surface area is 169 Å². The van der Waals surface area contributed by atoms with Gasteiger partial charge in [0.05, 0.1) is 18.1 Å². The fourth-order valence-electron chi connectivity index (χ4n) is 2.16. The van der Waals surface area contributed by atoms with Crippen LogP contribution in [0.15, 0.2) is 24.3 Å². The van der Waals surface area contributed by atoms with Crippen molar-refractivity contribution in [3.8, 4) is 0 Å². The van der Waals surface area contributed by atoms with Crippen molar-refractivity contribution in [2.45, 2.75) is 9.96 Å². The van der Waals surface area contributed by atoms with E-state index in [1.807, 2.05) is 4.90 Å². The molecule has 1 fully saturated rings. The zero-order chi connectivity index (χ0) is 19.3. The van der Waals surface area contributed by atoms with E-state index in [-0.39, 0.29) is 11.3 Å². The summed E-state index contributed by atoms with van der Waals surface area (Å²) < 4.78 is 3.33. The molecule has 1 amide bonds. The highest BCUT2D eigenvalue weighted by molar-refractivity contribution is 7.80. The summed E-state index contributed by atoms with van der Waals surface area (Å²) in [6, 6.07) is 5.21. The molecule has 0 aliphatic carbocycles. The molecule has 8 nitrogen and oxygen atoms in total. The Hall–Kier alpha value is -1.39. The molecule has 1 aromatic carbocycles. The molecule has 2 N–H and O–H groups in total. The summed E-state index contributed by atoms with van der Waals surface area (Å²) in [5.74, 6) is -0.651. The lowest BCUT2D eigenvalue weighted by Crippen LogP contribution is -2.59. The Balaban J connectivity index is 2.09. The van der Waals surface area contributed by atoms with E-state index in [4.69, 9.17) is 51.8 Å². The van der Waals surface area contributed by atoms with Gasteiger partial charge in [-0.05, 0) is 18.3 Å². The molecule has 1 unspecified atom stereocenters. The van der Waals surface area contributed by atoms with Gasteiger partial charge in [0.2, 0.25) is 3.79 Å². The zero-order valence-electron chi connectivity index (χ0n) is 13.3. The SMILES string of the molecule is O=C(NC(NC(=S)N1CCOCC1)C(Cl)(Cl)Cl)c1cccc([N+](=O)[O-])c1. The summed E-state index contributed by atoms with van der Waals surface area (Å²) in [7, 11) is 0. The highest BCUT2D eigenvalue weighted by atomic mass is 35.6. The molecule has 0 aromatic heterocycles. The molecule has 0 radical (unpaired) electrons. The van der Waals surface area contributed by atoms with Crippen LogP contribution in [0.5, 0.6) is 0 Å². The van der Waals surface area contributed by atoms with Crippen molar-refractivity contribution in [1.29, 1.82) is 0 Å². The minimum Gasteiger partial charge on any atom is -0.378 e. The Bertz CT molecular complexity index is 695. The van der Waals surface area contributed by atoms with Crippen LogP contribution in [0.3, 0.4) is 0 Å².